The molecule has 0 bridgehead atoms. The largest absolute Gasteiger partial charge is 0.460 e. The molecule has 0 aromatic carbocycles. The smallest absolute Gasteiger partial charge is 0.323 e. The molecule has 34 heavy (non-hydrogen) atoms. The van der Waals surface area contributed by atoms with E-state index in [-0.39, 0.29) is 28.5 Å². The Balaban J connectivity index is 2.18. The van der Waals surface area contributed by atoms with Crippen molar-refractivity contribution < 1.29 is 14.0 Å². The molecule has 202 valence electrons. The summed E-state index contributed by atoms with van der Waals surface area (Å²) in [5.74, 6) is -0.0458. The zero-order valence-corrected chi connectivity index (χ0v) is 25.7. The van der Waals surface area contributed by atoms with E-state index >= 15 is 0 Å². The maximum atomic E-state index is 11.7. The summed E-state index contributed by atoms with van der Waals surface area (Å²) in [7, 11) is -1.83. The van der Waals surface area contributed by atoms with Gasteiger partial charge in [0.2, 0.25) is 0 Å². The number of hydrogen-bond acceptors (Lipinski definition) is 4. The van der Waals surface area contributed by atoms with Crippen molar-refractivity contribution in [3.63, 3.8) is 0 Å². The number of hydrogen-bond donors (Lipinski definition) is 0. The van der Waals surface area contributed by atoms with Crippen LogP contribution in [0.3, 0.4) is 0 Å². The molecule has 1 rings (SSSR count). The average molecular weight is 515 g/mol. The molecule has 0 aromatic heterocycles. The molecule has 0 aromatic rings. The molecule has 0 aliphatic carbocycles. The second-order valence-electron chi connectivity index (χ2n) is 12.1. The van der Waals surface area contributed by atoms with Gasteiger partial charge in [0.05, 0.1) is 0 Å². The molecular weight excluding hydrogens is 456 g/mol. The highest BCUT2D eigenvalue weighted by molar-refractivity contribution is 8.00. The molecule has 1 saturated heterocycles. The predicted molar refractivity (Wildman–Crippen MR) is 153 cm³/mol. The number of ether oxygens (including phenoxy) is 1. The van der Waals surface area contributed by atoms with E-state index in [9.17, 15) is 4.79 Å². The van der Waals surface area contributed by atoms with E-state index in [1.807, 2.05) is 6.26 Å². The van der Waals surface area contributed by atoms with Crippen LogP contribution in [0.4, 0.5) is 0 Å². The highest BCUT2D eigenvalue weighted by Crippen LogP contribution is 2.39. The van der Waals surface area contributed by atoms with Crippen molar-refractivity contribution >= 4 is 26.0 Å². The maximum Gasteiger partial charge on any atom is 0.323 e. The monoisotopic (exact) mass is 514 g/mol. The third-order valence-electron chi connectivity index (χ3n) is 7.98. The molecule has 0 radical (unpaired) electrons. The molecule has 1 aliphatic heterocycles. The van der Waals surface area contributed by atoms with Crippen molar-refractivity contribution in [1.82, 2.24) is 0 Å². The summed E-state index contributed by atoms with van der Waals surface area (Å²) in [4.78, 5) is 11.7. The summed E-state index contributed by atoms with van der Waals surface area (Å²) in [5, 5.41) is 0.210. The average Bonchev–Trinajstić information content (AvgIpc) is 2.75. The predicted octanol–water partition coefficient (Wildman–Crippen LogP) is 9.69. The first kappa shape index (κ1) is 32.0. The summed E-state index contributed by atoms with van der Waals surface area (Å²) in [6, 6.07) is 0. The second kappa shape index (κ2) is 17.5. The summed E-state index contributed by atoms with van der Waals surface area (Å²) in [6.07, 6.45) is 25.1. The third kappa shape index (κ3) is 12.8. The van der Waals surface area contributed by atoms with Crippen LogP contribution in [-0.4, -0.2) is 38.0 Å². The first-order chi connectivity index (χ1) is 16.1. The fourth-order valence-corrected chi connectivity index (χ4v) is 6.72. The number of rotatable bonds is 21. The van der Waals surface area contributed by atoms with E-state index in [0.29, 0.717) is 0 Å². The fourth-order valence-electron chi connectivity index (χ4n) is 4.60. The quantitative estimate of drug-likeness (QED) is 0.0867. The van der Waals surface area contributed by atoms with Gasteiger partial charge in [-0.2, -0.15) is 0 Å². The zero-order valence-electron chi connectivity index (χ0n) is 23.9. The van der Waals surface area contributed by atoms with Crippen molar-refractivity contribution in [2.45, 2.75) is 172 Å². The molecule has 3 atom stereocenters. The minimum absolute atomic E-state index is 0.00609. The van der Waals surface area contributed by atoms with Crippen molar-refractivity contribution in [2.75, 3.05) is 6.26 Å². The summed E-state index contributed by atoms with van der Waals surface area (Å²) >= 11 is 1.62. The minimum Gasteiger partial charge on any atom is -0.460 e. The Morgan fingerprint density at radius 2 is 1.29 bits per heavy atom. The summed E-state index contributed by atoms with van der Waals surface area (Å²) in [6.45, 7) is 13.9. The highest BCUT2D eigenvalue weighted by Gasteiger charge is 2.45. The lowest BCUT2D eigenvalue weighted by atomic mass is 9.99. The molecule has 1 fully saturated rings. The Kier molecular flexibility index (Phi) is 16.4. The van der Waals surface area contributed by atoms with Crippen molar-refractivity contribution in [3.8, 4) is 0 Å². The Bertz CT molecular complexity index is 532. The first-order valence-corrected chi connectivity index (χ1v) is 18.7. The normalized spacial score (nSPS) is 19.7. The van der Waals surface area contributed by atoms with Gasteiger partial charge in [-0.05, 0) is 30.8 Å². The van der Waals surface area contributed by atoms with Crippen molar-refractivity contribution in [2.24, 2.45) is 0 Å². The second-order valence-corrected chi connectivity index (χ2v) is 17.8. The van der Waals surface area contributed by atoms with Gasteiger partial charge in [-0.15, -0.1) is 11.8 Å². The van der Waals surface area contributed by atoms with Crippen LogP contribution in [0, 0.1) is 0 Å². The van der Waals surface area contributed by atoms with Crippen LogP contribution in [0.5, 0.6) is 0 Å². The Morgan fingerprint density at radius 3 is 1.68 bits per heavy atom. The van der Waals surface area contributed by atoms with Gasteiger partial charge in [-0.1, -0.05) is 124 Å². The van der Waals surface area contributed by atoms with E-state index in [0.717, 1.165) is 12.8 Å². The Hall–Kier alpha value is -0.00312. The lowest BCUT2D eigenvalue weighted by Crippen LogP contribution is -2.51. The van der Waals surface area contributed by atoms with Crippen LogP contribution < -0.4 is 0 Å². The third-order valence-corrected chi connectivity index (χ3v) is 13.5. The lowest BCUT2D eigenvalue weighted by Gasteiger charge is -2.42. The SMILES string of the molecule is CCCCCCCCCCCCCCCCCC(CC1OC(=O)C1SC)O[Si](C)(C)C(C)(C)C. The van der Waals surface area contributed by atoms with Crippen molar-refractivity contribution in [1.29, 1.82) is 0 Å². The first-order valence-electron chi connectivity index (χ1n) is 14.5. The number of carbonyl (C=O) groups excluding carboxylic acids is 1. The molecule has 5 heteroatoms. The van der Waals surface area contributed by atoms with Crippen LogP contribution in [0.25, 0.3) is 0 Å². The minimum atomic E-state index is -1.83. The molecule has 0 N–H and O–H groups in total. The van der Waals surface area contributed by atoms with Gasteiger partial charge >= 0.3 is 5.97 Å². The van der Waals surface area contributed by atoms with Crippen LogP contribution >= 0.6 is 11.8 Å². The van der Waals surface area contributed by atoms with Gasteiger partial charge in [-0.3, -0.25) is 4.79 Å². The number of thioether (sulfide) groups is 1. The van der Waals surface area contributed by atoms with Crippen molar-refractivity contribution in [3.05, 3.63) is 0 Å². The van der Waals surface area contributed by atoms with Gasteiger partial charge < -0.3 is 9.16 Å². The molecular formula is C29H58O3SSi. The molecule has 0 saturated carbocycles. The summed E-state index contributed by atoms with van der Waals surface area (Å²) < 4.78 is 12.3. The van der Waals surface area contributed by atoms with Crippen LogP contribution in [0.1, 0.15) is 137 Å². The zero-order chi connectivity index (χ0) is 25.5. The highest BCUT2D eigenvalue weighted by atomic mass is 32.2. The summed E-state index contributed by atoms with van der Waals surface area (Å²) in [5.41, 5.74) is 0. The van der Waals surface area contributed by atoms with E-state index in [1.165, 1.54) is 96.3 Å². The Morgan fingerprint density at radius 1 is 0.853 bits per heavy atom. The number of cyclic esters (lactones) is 1. The van der Waals surface area contributed by atoms with Gasteiger partial charge in [0.25, 0.3) is 0 Å². The maximum absolute atomic E-state index is 11.7. The Labute approximate surface area is 218 Å². The van der Waals surface area contributed by atoms with E-state index in [1.54, 1.807) is 11.8 Å². The molecule has 0 spiro atoms. The molecule has 1 aliphatic rings. The molecule has 3 nitrogen and oxygen atoms in total. The molecule has 1 heterocycles. The standard InChI is InChI=1S/C29H58O3SSi/c1-8-9-10-11-12-13-14-15-16-17-18-19-20-21-22-23-25(32-34(6,7)29(2,3)4)24-26-27(33-5)28(30)31-26/h25-27H,8-24H2,1-7H3. The number of unbranched alkanes of at least 4 members (excludes halogenated alkanes) is 14. The van der Waals surface area contributed by atoms with Crippen LogP contribution in [0.15, 0.2) is 0 Å². The number of esters is 1. The van der Waals surface area contributed by atoms with Gasteiger partial charge in [-0.25, -0.2) is 0 Å². The van der Waals surface area contributed by atoms with Crippen LogP contribution in [-0.2, 0) is 14.0 Å². The van der Waals surface area contributed by atoms with Gasteiger partial charge in [0.1, 0.15) is 11.4 Å². The topological polar surface area (TPSA) is 35.5 Å². The fraction of sp³-hybridized carbons (Fsp3) is 0.966. The van der Waals surface area contributed by atoms with E-state index < -0.39 is 8.32 Å². The van der Waals surface area contributed by atoms with E-state index in [4.69, 9.17) is 9.16 Å². The van der Waals surface area contributed by atoms with Gasteiger partial charge in [0, 0.05) is 12.5 Å². The molecule has 0 amide bonds. The van der Waals surface area contributed by atoms with Gasteiger partial charge in [0.15, 0.2) is 8.32 Å². The lowest BCUT2D eigenvalue weighted by molar-refractivity contribution is -0.169. The van der Waals surface area contributed by atoms with E-state index in [2.05, 4.69) is 40.8 Å². The molecule has 3 unspecified atom stereocenters. The number of carbonyl (C=O) groups is 1. The van der Waals surface area contributed by atoms with Crippen LogP contribution in [0.2, 0.25) is 18.1 Å².